The number of rotatable bonds is 6. The number of esters is 1. The predicted molar refractivity (Wildman–Crippen MR) is 159 cm³/mol. The maximum Gasteiger partial charge on any atom is 0.416 e. The zero-order valence-corrected chi connectivity index (χ0v) is 25.2. The number of hydrogen-bond donors (Lipinski definition) is 0. The first-order valence-corrected chi connectivity index (χ1v) is 15.3. The van der Waals surface area contributed by atoms with Gasteiger partial charge in [-0.25, -0.2) is 0 Å². The molecule has 6 rings (SSSR count). The van der Waals surface area contributed by atoms with E-state index in [1.54, 1.807) is 0 Å². The van der Waals surface area contributed by atoms with Crippen molar-refractivity contribution in [2.24, 2.45) is 11.8 Å². The zero-order chi connectivity index (χ0) is 31.4. The van der Waals surface area contributed by atoms with Gasteiger partial charge >= 0.3 is 12.1 Å². The van der Waals surface area contributed by atoms with Gasteiger partial charge in [-0.15, -0.1) is 6.58 Å². The van der Waals surface area contributed by atoms with Crippen LogP contribution in [0.15, 0.2) is 49.1 Å². The summed E-state index contributed by atoms with van der Waals surface area (Å²) in [6.07, 6.45) is 0.430. The second kappa shape index (κ2) is 11.3. The molecule has 0 N–H and O–H groups in total. The molecule has 0 radical (unpaired) electrons. The smallest absolute Gasteiger partial charge is 0.416 e. The van der Waals surface area contributed by atoms with Gasteiger partial charge in [0.2, 0.25) is 0 Å². The number of halogens is 3. The number of benzene rings is 2. The molecule has 2 fully saturated rings. The van der Waals surface area contributed by atoms with Gasteiger partial charge in [-0.3, -0.25) is 14.5 Å². The molecule has 1 spiro atoms. The summed E-state index contributed by atoms with van der Waals surface area (Å²) in [4.78, 5) is 30.2. The fraction of sp³-hybridized carbons (Fsp3) is 0.486. The summed E-state index contributed by atoms with van der Waals surface area (Å²) >= 11 is 0. The minimum absolute atomic E-state index is 0.158. The number of likely N-dealkylation sites (tertiary alicyclic amines) is 1. The first-order chi connectivity index (χ1) is 20.9. The summed E-state index contributed by atoms with van der Waals surface area (Å²) in [5.41, 5.74) is 1.37. The highest BCUT2D eigenvalue weighted by atomic mass is 19.4. The molecule has 232 valence electrons. The van der Waals surface area contributed by atoms with Gasteiger partial charge in [-0.2, -0.15) is 13.2 Å². The molecule has 2 heterocycles. The van der Waals surface area contributed by atoms with Crippen molar-refractivity contribution >= 4 is 11.9 Å². The van der Waals surface area contributed by atoms with E-state index in [1.165, 1.54) is 19.1 Å². The first-order valence-electron chi connectivity index (χ1n) is 15.3. The van der Waals surface area contributed by atoms with Crippen LogP contribution in [-0.2, 0) is 27.6 Å². The average Bonchev–Trinajstić information content (AvgIpc) is 3.30. The standard InChI is InChI=1S/C35H37F3N2O4/c1-5-17-39-18-16-34-26-11-12-27(33(34)44-30-14-13-29(43-22(4)41)25(32(30)34)19-28(26)39)40(20-21(2)3)31(42)15-8-23-6-9-24(10-7-23)35(36,37)38/h5-7,9-10,13-14,21,26-28,33H,1,11-12,16-20H2,2-4H3/t26-,27+,28+,33-,34-/m0/s1. The third kappa shape index (κ3) is 5.07. The Morgan fingerprint density at radius 1 is 1.20 bits per heavy atom. The molecule has 1 amide bonds. The van der Waals surface area contributed by atoms with Crippen molar-refractivity contribution in [3.8, 4) is 23.3 Å². The average molecular weight is 607 g/mol. The number of nitrogens with zero attached hydrogens (tertiary/aromatic N) is 2. The number of ether oxygens (including phenoxy) is 2. The van der Waals surface area contributed by atoms with Crippen molar-refractivity contribution < 1.29 is 32.2 Å². The van der Waals surface area contributed by atoms with Gasteiger partial charge in [0.1, 0.15) is 17.6 Å². The summed E-state index contributed by atoms with van der Waals surface area (Å²) in [5, 5.41) is 0. The van der Waals surface area contributed by atoms with Crippen LogP contribution < -0.4 is 9.47 Å². The number of carbonyl (C=O) groups is 2. The molecule has 4 aliphatic rings. The van der Waals surface area contributed by atoms with E-state index in [0.717, 1.165) is 67.8 Å². The Balaban J connectivity index is 1.37. The lowest BCUT2D eigenvalue weighted by molar-refractivity contribution is -0.138. The summed E-state index contributed by atoms with van der Waals surface area (Å²) in [6, 6.07) is 8.22. The fourth-order valence-corrected chi connectivity index (χ4v) is 8.26. The van der Waals surface area contributed by atoms with E-state index < -0.39 is 11.7 Å². The summed E-state index contributed by atoms with van der Waals surface area (Å²) < 4.78 is 51.6. The molecule has 2 aliphatic heterocycles. The predicted octanol–water partition coefficient (Wildman–Crippen LogP) is 5.76. The highest BCUT2D eigenvalue weighted by molar-refractivity contribution is 5.94. The summed E-state index contributed by atoms with van der Waals surface area (Å²) in [6.45, 7) is 11.6. The Labute approximate surface area is 256 Å². The largest absolute Gasteiger partial charge is 0.487 e. The summed E-state index contributed by atoms with van der Waals surface area (Å²) in [7, 11) is 0. The number of carbonyl (C=O) groups excluding carboxylic acids is 2. The number of alkyl halides is 3. The maximum atomic E-state index is 13.8. The Morgan fingerprint density at radius 2 is 1.95 bits per heavy atom. The van der Waals surface area contributed by atoms with Gasteiger partial charge in [0.25, 0.3) is 5.91 Å². The molecule has 2 bridgehead atoms. The van der Waals surface area contributed by atoms with Crippen molar-refractivity contribution in [1.29, 1.82) is 0 Å². The van der Waals surface area contributed by atoms with E-state index in [9.17, 15) is 22.8 Å². The van der Waals surface area contributed by atoms with Gasteiger partial charge < -0.3 is 14.4 Å². The molecule has 44 heavy (non-hydrogen) atoms. The lowest BCUT2D eigenvalue weighted by Crippen LogP contribution is -2.69. The molecule has 6 nitrogen and oxygen atoms in total. The van der Waals surface area contributed by atoms with Crippen LogP contribution in [0.4, 0.5) is 13.2 Å². The Kier molecular flexibility index (Phi) is 7.77. The van der Waals surface area contributed by atoms with Crippen molar-refractivity contribution in [1.82, 2.24) is 9.80 Å². The maximum absolute atomic E-state index is 13.8. The molecule has 5 atom stereocenters. The number of hydrogen-bond acceptors (Lipinski definition) is 5. The van der Waals surface area contributed by atoms with Crippen LogP contribution in [0.1, 0.15) is 62.3 Å². The van der Waals surface area contributed by atoms with Crippen LogP contribution in [0, 0.1) is 23.7 Å². The third-order valence-corrected chi connectivity index (χ3v) is 9.77. The number of piperidine rings is 1. The molecule has 9 heteroatoms. The van der Waals surface area contributed by atoms with Crippen LogP contribution in [0.5, 0.6) is 11.5 Å². The van der Waals surface area contributed by atoms with E-state index in [-0.39, 0.29) is 41.4 Å². The van der Waals surface area contributed by atoms with Crippen LogP contribution in [0.2, 0.25) is 0 Å². The van der Waals surface area contributed by atoms with Gasteiger partial charge in [0, 0.05) is 54.1 Å². The molecule has 1 saturated carbocycles. The van der Waals surface area contributed by atoms with E-state index in [1.807, 2.05) is 37.0 Å². The fourth-order valence-electron chi connectivity index (χ4n) is 8.26. The van der Waals surface area contributed by atoms with Crippen molar-refractivity contribution in [2.75, 3.05) is 19.6 Å². The second-order valence-electron chi connectivity index (χ2n) is 12.8. The SMILES string of the molecule is C=CCN1CC[C@@]23c4c5ccc(OC(C)=O)c4C[C@@H]1[C@@H]2CC[C@@H](N(CC(C)C)C(=O)C#Cc1ccc(C(F)(F)F)cc1)[C@@H]3O5. The first kappa shape index (κ1) is 30.3. The lowest BCUT2D eigenvalue weighted by Gasteiger charge is -2.60. The molecule has 2 aromatic rings. The minimum atomic E-state index is -4.44. The third-order valence-electron chi connectivity index (χ3n) is 9.77. The second-order valence-corrected chi connectivity index (χ2v) is 12.8. The van der Waals surface area contributed by atoms with Crippen molar-refractivity contribution in [3.63, 3.8) is 0 Å². The van der Waals surface area contributed by atoms with Crippen molar-refractivity contribution in [3.05, 3.63) is 71.3 Å². The Hall–Kier alpha value is -3.77. The highest BCUT2D eigenvalue weighted by Crippen LogP contribution is 2.63. The van der Waals surface area contributed by atoms with Gasteiger partial charge in [0.15, 0.2) is 0 Å². The lowest BCUT2D eigenvalue weighted by atomic mass is 9.50. The van der Waals surface area contributed by atoms with Gasteiger partial charge in [-0.1, -0.05) is 25.8 Å². The van der Waals surface area contributed by atoms with Crippen LogP contribution in [-0.4, -0.2) is 59.5 Å². The molecule has 0 unspecified atom stereocenters. The molecule has 2 aliphatic carbocycles. The van der Waals surface area contributed by atoms with E-state index in [2.05, 4.69) is 23.3 Å². The van der Waals surface area contributed by atoms with Gasteiger partial charge in [0.05, 0.1) is 11.6 Å². The topological polar surface area (TPSA) is 59.1 Å². The molecular formula is C35H37F3N2O4. The van der Waals surface area contributed by atoms with Crippen molar-refractivity contribution in [2.45, 2.75) is 76.2 Å². The minimum Gasteiger partial charge on any atom is -0.487 e. The molecule has 2 aromatic carbocycles. The summed E-state index contributed by atoms with van der Waals surface area (Å²) in [5.74, 6) is 6.61. The van der Waals surface area contributed by atoms with Gasteiger partial charge in [-0.05, 0) is 80.5 Å². The molecule has 0 aromatic heterocycles. The number of amides is 1. The van der Waals surface area contributed by atoms with Crippen LogP contribution in [0.3, 0.4) is 0 Å². The Morgan fingerprint density at radius 3 is 2.61 bits per heavy atom. The Bertz CT molecular complexity index is 1540. The highest BCUT2D eigenvalue weighted by Gasteiger charge is 2.66. The van der Waals surface area contributed by atoms with E-state index in [0.29, 0.717) is 23.8 Å². The van der Waals surface area contributed by atoms with E-state index in [4.69, 9.17) is 9.47 Å². The quantitative estimate of drug-likeness (QED) is 0.181. The zero-order valence-electron chi connectivity index (χ0n) is 25.2. The normalized spacial score (nSPS) is 26.6. The van der Waals surface area contributed by atoms with Crippen LogP contribution in [0.25, 0.3) is 0 Å². The van der Waals surface area contributed by atoms with E-state index >= 15 is 0 Å². The molecular weight excluding hydrogens is 569 g/mol. The molecule has 1 saturated heterocycles. The van der Waals surface area contributed by atoms with Crippen LogP contribution >= 0.6 is 0 Å². The monoisotopic (exact) mass is 606 g/mol.